The first-order valence-corrected chi connectivity index (χ1v) is 30.5. The molecule has 0 fully saturated rings. The zero-order valence-corrected chi connectivity index (χ0v) is 48.1. The monoisotopic (exact) mass is 1020 g/mol. The van der Waals surface area contributed by atoms with Crippen LogP contribution in [0, 0.1) is 0 Å². The molecule has 74 heavy (non-hydrogen) atoms. The molecule has 0 aromatic carbocycles. The number of esters is 3. The van der Waals surface area contributed by atoms with Crippen molar-refractivity contribution in [1.29, 1.82) is 0 Å². The van der Waals surface area contributed by atoms with E-state index in [4.69, 9.17) is 14.2 Å². The van der Waals surface area contributed by atoms with Crippen LogP contribution in [-0.4, -0.2) is 37.2 Å². The average molecular weight is 1030 g/mol. The van der Waals surface area contributed by atoms with Crippen molar-refractivity contribution in [3.63, 3.8) is 0 Å². The summed E-state index contributed by atoms with van der Waals surface area (Å²) in [6.45, 7) is 6.32. The fraction of sp³-hybridized carbons (Fsp3) is 0.662. The number of ether oxygens (including phenoxy) is 3. The van der Waals surface area contributed by atoms with Crippen molar-refractivity contribution in [3.8, 4) is 0 Å². The Kier molecular flexibility index (Phi) is 57.9. The van der Waals surface area contributed by atoms with Gasteiger partial charge in [0.25, 0.3) is 0 Å². The number of rotatable bonds is 54. The third-order valence-corrected chi connectivity index (χ3v) is 12.7. The van der Waals surface area contributed by atoms with E-state index in [-0.39, 0.29) is 31.6 Å². The molecule has 0 saturated carbocycles. The van der Waals surface area contributed by atoms with Gasteiger partial charge in [0.05, 0.1) is 6.42 Å². The highest BCUT2D eigenvalue weighted by atomic mass is 16.6. The second-order valence-electron chi connectivity index (χ2n) is 19.9. The second-order valence-corrected chi connectivity index (χ2v) is 19.9. The minimum atomic E-state index is -0.831. The van der Waals surface area contributed by atoms with Gasteiger partial charge in [-0.25, -0.2) is 0 Å². The molecule has 1 atom stereocenters. The summed E-state index contributed by atoms with van der Waals surface area (Å²) in [5.74, 6) is -1.05. The predicted molar refractivity (Wildman–Crippen MR) is 320 cm³/mol. The first-order chi connectivity index (χ1) is 36.5. The van der Waals surface area contributed by atoms with Crippen LogP contribution in [0.4, 0.5) is 0 Å². The van der Waals surface area contributed by atoms with E-state index in [1.165, 1.54) is 128 Å². The van der Waals surface area contributed by atoms with Gasteiger partial charge >= 0.3 is 17.9 Å². The zero-order chi connectivity index (χ0) is 53.6. The van der Waals surface area contributed by atoms with Gasteiger partial charge < -0.3 is 14.2 Å². The van der Waals surface area contributed by atoms with Crippen LogP contribution in [0.1, 0.15) is 271 Å². The van der Waals surface area contributed by atoms with E-state index in [2.05, 4.69) is 130 Å². The van der Waals surface area contributed by atoms with E-state index in [1.54, 1.807) is 6.08 Å². The number of allylic oxidation sites excluding steroid dienone is 19. The molecule has 0 radical (unpaired) electrons. The summed E-state index contributed by atoms with van der Waals surface area (Å²) < 4.78 is 16.7. The van der Waals surface area contributed by atoms with E-state index >= 15 is 0 Å². The van der Waals surface area contributed by atoms with Crippen LogP contribution < -0.4 is 0 Å². The molecule has 0 heterocycles. The SMILES string of the molecule is CC/C=C\C/C=C\C/C=C\C/C=C\C/C=C\CCCCCCCCCCCCCCCCCC(=O)OCC(COC(=O)CCCCCCCCCCCC)OC(=O)C/C=C\C/C=C\C/C=C\C/C=C\C/C=C\CC. The van der Waals surface area contributed by atoms with E-state index in [0.29, 0.717) is 12.8 Å². The van der Waals surface area contributed by atoms with Crippen LogP contribution in [0.5, 0.6) is 0 Å². The van der Waals surface area contributed by atoms with Gasteiger partial charge in [0, 0.05) is 12.8 Å². The third kappa shape index (κ3) is 58.7. The molecule has 420 valence electrons. The Hall–Kier alpha value is -4.19. The van der Waals surface area contributed by atoms with E-state index in [9.17, 15) is 14.4 Å². The Bertz CT molecular complexity index is 1550. The summed E-state index contributed by atoms with van der Waals surface area (Å²) in [6, 6.07) is 0. The van der Waals surface area contributed by atoms with Gasteiger partial charge in [-0.15, -0.1) is 0 Å². The maximum atomic E-state index is 12.8. The molecule has 0 aliphatic heterocycles. The molecule has 0 bridgehead atoms. The summed E-state index contributed by atoms with van der Waals surface area (Å²) in [4.78, 5) is 38.0. The number of hydrogen-bond donors (Lipinski definition) is 0. The Labute approximate surface area is 456 Å². The van der Waals surface area contributed by atoms with Gasteiger partial charge in [0.1, 0.15) is 13.2 Å². The second kappa shape index (κ2) is 61.4. The summed E-state index contributed by atoms with van der Waals surface area (Å²) >= 11 is 0. The molecule has 0 amide bonds. The van der Waals surface area contributed by atoms with Crippen molar-refractivity contribution in [1.82, 2.24) is 0 Å². The lowest BCUT2D eigenvalue weighted by Gasteiger charge is -2.18. The largest absolute Gasteiger partial charge is 0.462 e. The van der Waals surface area contributed by atoms with Crippen molar-refractivity contribution >= 4 is 17.9 Å². The lowest BCUT2D eigenvalue weighted by molar-refractivity contribution is -0.166. The van der Waals surface area contributed by atoms with Crippen molar-refractivity contribution in [2.24, 2.45) is 0 Å². The Morgan fingerprint density at radius 2 is 0.568 bits per heavy atom. The molecule has 0 aliphatic rings. The molecule has 6 nitrogen and oxygen atoms in total. The van der Waals surface area contributed by atoms with Gasteiger partial charge in [-0.2, -0.15) is 0 Å². The Morgan fingerprint density at radius 1 is 0.297 bits per heavy atom. The summed E-state index contributed by atoms with van der Waals surface area (Å²) in [5.41, 5.74) is 0. The molecular weight excluding hydrogens is 913 g/mol. The molecule has 1 unspecified atom stereocenters. The van der Waals surface area contributed by atoms with Gasteiger partial charge in [-0.1, -0.05) is 284 Å². The Morgan fingerprint density at radius 3 is 0.892 bits per heavy atom. The van der Waals surface area contributed by atoms with Crippen molar-refractivity contribution in [3.05, 3.63) is 122 Å². The van der Waals surface area contributed by atoms with E-state index in [1.807, 2.05) is 6.08 Å². The predicted octanol–water partition coefficient (Wildman–Crippen LogP) is 20.8. The number of hydrogen-bond acceptors (Lipinski definition) is 6. The molecule has 6 heteroatoms. The molecule has 0 N–H and O–H groups in total. The van der Waals surface area contributed by atoms with Crippen molar-refractivity contribution in [2.75, 3.05) is 13.2 Å². The zero-order valence-electron chi connectivity index (χ0n) is 48.1. The van der Waals surface area contributed by atoms with Gasteiger partial charge in [-0.3, -0.25) is 14.4 Å². The van der Waals surface area contributed by atoms with Crippen molar-refractivity contribution in [2.45, 2.75) is 277 Å². The molecular formula is C68H112O6. The van der Waals surface area contributed by atoms with E-state index in [0.717, 1.165) is 103 Å². The van der Waals surface area contributed by atoms with Crippen LogP contribution in [0.25, 0.3) is 0 Å². The van der Waals surface area contributed by atoms with E-state index < -0.39 is 12.1 Å². The van der Waals surface area contributed by atoms with Crippen molar-refractivity contribution < 1.29 is 28.6 Å². The normalized spacial score (nSPS) is 13.0. The van der Waals surface area contributed by atoms with Crippen LogP contribution in [0.3, 0.4) is 0 Å². The average Bonchev–Trinajstić information content (AvgIpc) is 3.40. The third-order valence-electron chi connectivity index (χ3n) is 12.7. The van der Waals surface area contributed by atoms with Crippen LogP contribution >= 0.6 is 0 Å². The topological polar surface area (TPSA) is 78.9 Å². The van der Waals surface area contributed by atoms with Gasteiger partial charge in [0.2, 0.25) is 0 Å². The lowest BCUT2D eigenvalue weighted by atomic mass is 10.0. The molecule has 0 saturated heterocycles. The molecule has 0 aromatic heterocycles. The summed E-state index contributed by atoms with van der Waals surface area (Å²) in [7, 11) is 0. The summed E-state index contributed by atoms with van der Waals surface area (Å²) in [6.07, 6.45) is 85.3. The number of carbonyl (C=O) groups excluding carboxylic acids is 3. The minimum Gasteiger partial charge on any atom is -0.462 e. The minimum absolute atomic E-state index is 0.0961. The fourth-order valence-corrected chi connectivity index (χ4v) is 8.25. The van der Waals surface area contributed by atoms with Crippen LogP contribution in [-0.2, 0) is 28.6 Å². The van der Waals surface area contributed by atoms with Crippen LogP contribution in [0.2, 0.25) is 0 Å². The quantitative estimate of drug-likeness (QED) is 0.0261. The lowest BCUT2D eigenvalue weighted by Crippen LogP contribution is -2.30. The Balaban J connectivity index is 4.21. The standard InChI is InChI=1S/C68H112O6/c1-4-7-10-13-16-19-22-24-26-27-28-29-30-31-32-33-34-35-36-37-38-39-40-41-43-44-46-49-52-55-58-61-67(70)73-64-65(63-72-66(69)60-57-54-51-48-21-18-15-12-9-6-3)74-68(71)62-59-56-53-50-47-45-42-25-23-20-17-14-11-8-5-2/h7-8,10-11,16-17,19-20,24-26,28-29,31-32,42,47,50,56,59,65H,4-6,9,12-15,18,21-23,27,30,33-41,43-46,48-49,51-55,57-58,60-64H2,1-3H3/b10-7-,11-8-,19-16-,20-17-,26-24-,29-28-,32-31-,42-25-,50-47-,59-56-. The van der Waals surface area contributed by atoms with Gasteiger partial charge in [-0.05, 0) is 89.9 Å². The maximum absolute atomic E-state index is 12.8. The molecule has 0 spiro atoms. The maximum Gasteiger partial charge on any atom is 0.310 e. The molecule has 0 aromatic rings. The molecule has 0 rings (SSSR count). The smallest absolute Gasteiger partial charge is 0.310 e. The highest BCUT2D eigenvalue weighted by Crippen LogP contribution is 2.16. The first-order valence-electron chi connectivity index (χ1n) is 30.5. The molecule has 0 aliphatic carbocycles. The highest BCUT2D eigenvalue weighted by Gasteiger charge is 2.19. The first kappa shape index (κ1) is 69.8. The van der Waals surface area contributed by atoms with Gasteiger partial charge in [0.15, 0.2) is 6.10 Å². The van der Waals surface area contributed by atoms with Crippen LogP contribution in [0.15, 0.2) is 122 Å². The number of unbranched alkanes of at least 4 members (excludes halogenated alkanes) is 24. The fourth-order valence-electron chi connectivity index (χ4n) is 8.25. The highest BCUT2D eigenvalue weighted by molar-refractivity contribution is 5.72. The summed E-state index contributed by atoms with van der Waals surface area (Å²) in [5, 5.41) is 0. The number of carbonyl (C=O) groups is 3.